The Balaban J connectivity index is 1.32. The van der Waals surface area contributed by atoms with Gasteiger partial charge in [0.1, 0.15) is 24.7 Å². The smallest absolute Gasteiger partial charge is 0.255 e. The van der Waals surface area contributed by atoms with E-state index in [0.29, 0.717) is 41.5 Å². The van der Waals surface area contributed by atoms with Gasteiger partial charge >= 0.3 is 0 Å². The lowest BCUT2D eigenvalue weighted by Crippen LogP contribution is -2.15. The highest BCUT2D eigenvalue weighted by Gasteiger charge is 2.11. The van der Waals surface area contributed by atoms with E-state index in [2.05, 4.69) is 10.6 Å². The highest BCUT2D eigenvalue weighted by molar-refractivity contribution is 6.07. The molecule has 6 nitrogen and oxygen atoms in total. The summed E-state index contributed by atoms with van der Waals surface area (Å²) in [6, 6.07) is 32.4. The van der Waals surface area contributed by atoms with Crippen molar-refractivity contribution in [3.8, 4) is 11.5 Å². The lowest BCUT2D eigenvalue weighted by atomic mass is 10.1. The van der Waals surface area contributed by atoms with Crippen LogP contribution in [0.25, 0.3) is 0 Å². The number of rotatable bonds is 9. The predicted octanol–water partition coefficient (Wildman–Crippen LogP) is 5.65. The number of benzene rings is 4. The Morgan fingerprint density at radius 3 is 1.74 bits per heavy atom. The fraction of sp³-hybridized carbons (Fsp3) is 0.0714. The molecule has 4 rings (SSSR count). The molecule has 0 saturated heterocycles. The summed E-state index contributed by atoms with van der Waals surface area (Å²) < 4.78 is 11.3. The van der Waals surface area contributed by atoms with E-state index in [9.17, 15) is 9.59 Å². The van der Waals surface area contributed by atoms with Crippen LogP contribution >= 0.6 is 0 Å². The van der Waals surface area contributed by atoms with Crippen molar-refractivity contribution in [2.45, 2.75) is 0 Å². The summed E-state index contributed by atoms with van der Waals surface area (Å²) >= 11 is 0. The zero-order chi connectivity index (χ0) is 23.6. The van der Waals surface area contributed by atoms with Crippen LogP contribution in [0.1, 0.15) is 20.7 Å². The van der Waals surface area contributed by atoms with Crippen molar-refractivity contribution < 1.29 is 19.1 Å². The van der Waals surface area contributed by atoms with E-state index in [1.54, 1.807) is 48.5 Å². The maximum absolute atomic E-state index is 12.8. The Morgan fingerprint density at radius 2 is 1.03 bits per heavy atom. The molecule has 0 aliphatic rings. The Bertz CT molecular complexity index is 1240. The van der Waals surface area contributed by atoms with Gasteiger partial charge in [-0.2, -0.15) is 0 Å². The first-order valence-electron chi connectivity index (χ1n) is 10.9. The number of carbonyl (C=O) groups is 2. The van der Waals surface area contributed by atoms with Crippen LogP contribution in [0.15, 0.2) is 109 Å². The van der Waals surface area contributed by atoms with Crippen LogP contribution in [0.5, 0.6) is 11.5 Å². The first kappa shape index (κ1) is 22.6. The zero-order valence-corrected chi connectivity index (χ0v) is 18.4. The molecule has 0 aromatic heterocycles. The Labute approximate surface area is 198 Å². The third-order valence-corrected chi connectivity index (χ3v) is 4.87. The topological polar surface area (TPSA) is 76.7 Å². The number of amides is 2. The van der Waals surface area contributed by atoms with Gasteiger partial charge in [-0.15, -0.1) is 0 Å². The van der Waals surface area contributed by atoms with Crippen LogP contribution < -0.4 is 20.1 Å². The van der Waals surface area contributed by atoms with Crippen molar-refractivity contribution in [2.75, 3.05) is 23.8 Å². The minimum absolute atomic E-state index is 0.254. The highest BCUT2D eigenvalue weighted by atomic mass is 16.5. The average molecular weight is 453 g/mol. The molecule has 0 heterocycles. The van der Waals surface area contributed by atoms with Crippen LogP contribution in [0.2, 0.25) is 0 Å². The van der Waals surface area contributed by atoms with E-state index in [1.165, 1.54) is 0 Å². The Hall–Kier alpha value is -4.58. The number of para-hydroxylation sites is 2. The van der Waals surface area contributed by atoms with Crippen LogP contribution in [0, 0.1) is 0 Å². The molecule has 0 radical (unpaired) electrons. The molecule has 6 heteroatoms. The molecule has 2 amide bonds. The molecule has 0 saturated carbocycles. The lowest BCUT2D eigenvalue weighted by molar-refractivity contribution is 0.101. The second kappa shape index (κ2) is 11.3. The van der Waals surface area contributed by atoms with Crippen molar-refractivity contribution in [3.63, 3.8) is 0 Å². The number of hydrogen-bond acceptors (Lipinski definition) is 4. The van der Waals surface area contributed by atoms with Crippen molar-refractivity contribution >= 4 is 23.2 Å². The normalized spacial score (nSPS) is 10.2. The summed E-state index contributed by atoms with van der Waals surface area (Å²) in [6.07, 6.45) is 0. The number of hydrogen-bond donors (Lipinski definition) is 2. The molecule has 0 unspecified atom stereocenters. The van der Waals surface area contributed by atoms with Crippen LogP contribution in [-0.4, -0.2) is 25.0 Å². The quantitative estimate of drug-likeness (QED) is 0.322. The standard InChI is InChI=1S/C28H24N2O4/c31-27(29-23-11-3-1-4-12-23)21-9-7-13-24(19-21)30-28(32)22-10-8-16-26(20-22)34-18-17-33-25-14-5-2-6-15-25/h1-16,19-20H,17-18H2,(H,29,31)(H,30,32). The van der Waals surface area contributed by atoms with E-state index >= 15 is 0 Å². The third-order valence-electron chi connectivity index (χ3n) is 4.87. The summed E-state index contributed by atoms with van der Waals surface area (Å²) in [6.45, 7) is 0.733. The Kier molecular flexibility index (Phi) is 7.54. The number of nitrogens with one attached hydrogen (secondary N) is 2. The minimum Gasteiger partial charge on any atom is -0.490 e. The number of anilines is 2. The summed E-state index contributed by atoms with van der Waals surface area (Å²) in [5.74, 6) is 0.793. The second-order valence-corrected chi connectivity index (χ2v) is 7.39. The molecule has 0 fully saturated rings. The van der Waals surface area contributed by atoms with Crippen molar-refractivity contribution in [2.24, 2.45) is 0 Å². The second-order valence-electron chi connectivity index (χ2n) is 7.39. The van der Waals surface area contributed by atoms with E-state index < -0.39 is 0 Å². The fourth-order valence-corrected chi connectivity index (χ4v) is 3.23. The minimum atomic E-state index is -0.299. The Morgan fingerprint density at radius 1 is 0.529 bits per heavy atom. The third kappa shape index (κ3) is 6.46. The average Bonchev–Trinajstić information content (AvgIpc) is 2.88. The maximum atomic E-state index is 12.8. The molecule has 170 valence electrons. The number of ether oxygens (including phenoxy) is 2. The first-order valence-corrected chi connectivity index (χ1v) is 10.9. The molecule has 34 heavy (non-hydrogen) atoms. The summed E-state index contributed by atoms with van der Waals surface area (Å²) in [7, 11) is 0. The van der Waals surface area contributed by atoms with E-state index in [-0.39, 0.29) is 11.8 Å². The van der Waals surface area contributed by atoms with Crippen molar-refractivity contribution in [1.29, 1.82) is 0 Å². The van der Waals surface area contributed by atoms with Gasteiger partial charge in [-0.1, -0.05) is 48.5 Å². The summed E-state index contributed by atoms with van der Waals surface area (Å²) in [5.41, 5.74) is 2.11. The lowest BCUT2D eigenvalue weighted by Gasteiger charge is -2.11. The predicted molar refractivity (Wildman–Crippen MR) is 133 cm³/mol. The molecule has 0 aliphatic carbocycles. The van der Waals surface area contributed by atoms with E-state index in [1.807, 2.05) is 60.7 Å². The summed E-state index contributed by atoms with van der Waals surface area (Å²) in [4.78, 5) is 25.3. The monoisotopic (exact) mass is 452 g/mol. The fourth-order valence-electron chi connectivity index (χ4n) is 3.23. The van der Waals surface area contributed by atoms with Gasteiger partial charge in [0.15, 0.2) is 0 Å². The maximum Gasteiger partial charge on any atom is 0.255 e. The first-order chi connectivity index (χ1) is 16.7. The molecule has 0 atom stereocenters. The highest BCUT2D eigenvalue weighted by Crippen LogP contribution is 2.18. The summed E-state index contributed by atoms with van der Waals surface area (Å²) in [5, 5.41) is 5.67. The van der Waals surface area contributed by atoms with Gasteiger partial charge in [0.05, 0.1) is 0 Å². The molecule has 4 aromatic carbocycles. The van der Waals surface area contributed by atoms with Gasteiger partial charge in [-0.3, -0.25) is 9.59 Å². The van der Waals surface area contributed by atoms with Crippen LogP contribution in [-0.2, 0) is 0 Å². The molecular formula is C28H24N2O4. The van der Waals surface area contributed by atoms with Gasteiger partial charge in [0.25, 0.3) is 11.8 Å². The van der Waals surface area contributed by atoms with E-state index in [0.717, 1.165) is 5.75 Å². The SMILES string of the molecule is O=C(Nc1ccccc1)c1cccc(NC(=O)c2cccc(OCCOc3ccccc3)c2)c1. The zero-order valence-electron chi connectivity index (χ0n) is 18.4. The van der Waals surface area contributed by atoms with Gasteiger partial charge in [0.2, 0.25) is 0 Å². The van der Waals surface area contributed by atoms with Crippen molar-refractivity contribution in [1.82, 2.24) is 0 Å². The largest absolute Gasteiger partial charge is 0.490 e. The molecule has 0 aliphatic heterocycles. The van der Waals surface area contributed by atoms with Crippen LogP contribution in [0.3, 0.4) is 0 Å². The van der Waals surface area contributed by atoms with Gasteiger partial charge in [-0.25, -0.2) is 0 Å². The molecule has 4 aromatic rings. The molecule has 2 N–H and O–H groups in total. The molecular weight excluding hydrogens is 428 g/mol. The molecule has 0 spiro atoms. The van der Waals surface area contributed by atoms with Crippen LogP contribution in [0.4, 0.5) is 11.4 Å². The van der Waals surface area contributed by atoms with Gasteiger partial charge < -0.3 is 20.1 Å². The van der Waals surface area contributed by atoms with Gasteiger partial charge in [-0.05, 0) is 60.7 Å². The van der Waals surface area contributed by atoms with Crippen molar-refractivity contribution in [3.05, 3.63) is 120 Å². The van der Waals surface area contributed by atoms with E-state index in [4.69, 9.17) is 9.47 Å². The molecule has 0 bridgehead atoms. The number of carbonyl (C=O) groups excluding carboxylic acids is 2. The van der Waals surface area contributed by atoms with Gasteiger partial charge in [0, 0.05) is 22.5 Å².